The molecule has 3 N–H and O–H groups in total. The van der Waals surface area contributed by atoms with Crippen molar-refractivity contribution in [2.75, 3.05) is 26.2 Å². The molecular formula is C15H23BrN4O. The van der Waals surface area contributed by atoms with Crippen molar-refractivity contribution in [1.82, 2.24) is 9.80 Å². The standard InChI is InChI=1S/C15H23BrN4O/c1-15(2,14(17)18-21)20-9-7-19(8-10-20)11-12-3-5-13(16)6-4-12/h3-6,21H,7-11H2,1-2H3,(H2,17,18). The Morgan fingerprint density at radius 3 is 2.33 bits per heavy atom. The lowest BCUT2D eigenvalue weighted by atomic mass is 10.00. The van der Waals surface area contributed by atoms with Crippen LogP contribution in [0.2, 0.25) is 0 Å². The Bertz CT molecular complexity index is 493. The Labute approximate surface area is 134 Å². The predicted octanol–water partition coefficient (Wildman–Crippen LogP) is 2.09. The second-order valence-electron chi connectivity index (χ2n) is 5.93. The first kappa shape index (κ1) is 16.3. The predicted molar refractivity (Wildman–Crippen MR) is 88.5 cm³/mol. The summed E-state index contributed by atoms with van der Waals surface area (Å²) < 4.78 is 1.11. The summed E-state index contributed by atoms with van der Waals surface area (Å²) in [5.74, 6) is 0.267. The van der Waals surface area contributed by atoms with Crippen LogP contribution in [-0.2, 0) is 6.54 Å². The maximum atomic E-state index is 8.89. The number of piperazine rings is 1. The van der Waals surface area contributed by atoms with Crippen LogP contribution in [0.3, 0.4) is 0 Å². The lowest BCUT2D eigenvalue weighted by Crippen LogP contribution is -2.59. The Morgan fingerprint density at radius 1 is 1.24 bits per heavy atom. The van der Waals surface area contributed by atoms with E-state index >= 15 is 0 Å². The zero-order valence-corrected chi connectivity index (χ0v) is 14.2. The minimum absolute atomic E-state index is 0.267. The van der Waals surface area contributed by atoms with Crippen LogP contribution in [0.5, 0.6) is 0 Å². The number of benzene rings is 1. The van der Waals surface area contributed by atoms with Crippen molar-refractivity contribution in [3.05, 3.63) is 34.3 Å². The lowest BCUT2D eigenvalue weighted by Gasteiger charge is -2.43. The molecule has 0 bridgehead atoms. The Balaban J connectivity index is 1.90. The van der Waals surface area contributed by atoms with E-state index in [4.69, 9.17) is 10.9 Å². The summed E-state index contributed by atoms with van der Waals surface area (Å²) in [4.78, 5) is 4.70. The highest BCUT2D eigenvalue weighted by Gasteiger charge is 2.33. The number of amidine groups is 1. The molecule has 116 valence electrons. The van der Waals surface area contributed by atoms with Gasteiger partial charge in [0.15, 0.2) is 5.84 Å². The van der Waals surface area contributed by atoms with E-state index in [1.807, 2.05) is 13.8 Å². The summed E-state index contributed by atoms with van der Waals surface area (Å²) in [7, 11) is 0. The van der Waals surface area contributed by atoms with Crippen molar-refractivity contribution in [2.24, 2.45) is 10.9 Å². The van der Waals surface area contributed by atoms with Gasteiger partial charge in [-0.05, 0) is 31.5 Å². The van der Waals surface area contributed by atoms with Gasteiger partial charge in [-0.15, -0.1) is 0 Å². The molecule has 1 aromatic rings. The van der Waals surface area contributed by atoms with Gasteiger partial charge < -0.3 is 10.9 Å². The molecule has 5 nitrogen and oxygen atoms in total. The Hall–Kier alpha value is -1.11. The lowest BCUT2D eigenvalue weighted by molar-refractivity contribution is 0.0794. The second kappa shape index (κ2) is 6.77. The Morgan fingerprint density at radius 2 is 1.81 bits per heavy atom. The van der Waals surface area contributed by atoms with Crippen LogP contribution in [0, 0.1) is 0 Å². The first-order valence-electron chi connectivity index (χ1n) is 7.13. The third-order valence-electron chi connectivity index (χ3n) is 4.22. The summed E-state index contributed by atoms with van der Waals surface area (Å²) in [6.07, 6.45) is 0. The van der Waals surface area contributed by atoms with Crippen LogP contribution in [0.15, 0.2) is 33.9 Å². The smallest absolute Gasteiger partial charge is 0.159 e. The van der Waals surface area contributed by atoms with Gasteiger partial charge in [-0.3, -0.25) is 9.80 Å². The van der Waals surface area contributed by atoms with E-state index in [0.29, 0.717) is 0 Å². The number of nitrogens with zero attached hydrogens (tertiary/aromatic N) is 3. The van der Waals surface area contributed by atoms with Crippen molar-refractivity contribution in [1.29, 1.82) is 0 Å². The van der Waals surface area contributed by atoms with E-state index in [1.54, 1.807) is 0 Å². The van der Waals surface area contributed by atoms with Crippen molar-refractivity contribution in [2.45, 2.75) is 25.9 Å². The molecule has 0 unspecified atom stereocenters. The van der Waals surface area contributed by atoms with Gasteiger partial charge in [0.2, 0.25) is 0 Å². The van der Waals surface area contributed by atoms with Crippen LogP contribution < -0.4 is 5.73 Å². The third kappa shape index (κ3) is 3.96. The van der Waals surface area contributed by atoms with Gasteiger partial charge in [-0.1, -0.05) is 33.2 Å². The van der Waals surface area contributed by atoms with Crippen molar-refractivity contribution >= 4 is 21.8 Å². The highest BCUT2D eigenvalue weighted by Crippen LogP contribution is 2.19. The number of nitrogens with two attached hydrogens (primary N) is 1. The summed E-state index contributed by atoms with van der Waals surface area (Å²) in [5.41, 5.74) is 6.71. The first-order chi connectivity index (χ1) is 9.93. The third-order valence-corrected chi connectivity index (χ3v) is 4.75. The average molecular weight is 355 g/mol. The molecular weight excluding hydrogens is 332 g/mol. The molecule has 1 aliphatic heterocycles. The van der Waals surface area contributed by atoms with Gasteiger partial charge in [0.25, 0.3) is 0 Å². The summed E-state index contributed by atoms with van der Waals surface area (Å²) in [6.45, 7) is 8.75. The molecule has 2 rings (SSSR count). The van der Waals surface area contributed by atoms with E-state index in [1.165, 1.54) is 5.56 Å². The molecule has 21 heavy (non-hydrogen) atoms. The van der Waals surface area contributed by atoms with Crippen LogP contribution in [-0.4, -0.2) is 52.6 Å². The van der Waals surface area contributed by atoms with Crippen molar-refractivity contribution in [3.63, 3.8) is 0 Å². The normalized spacial score (nSPS) is 18.9. The summed E-state index contributed by atoms with van der Waals surface area (Å²) in [6, 6.07) is 8.45. The topological polar surface area (TPSA) is 65.1 Å². The molecule has 1 aromatic carbocycles. The first-order valence-corrected chi connectivity index (χ1v) is 7.92. The van der Waals surface area contributed by atoms with Gasteiger partial charge in [0.1, 0.15) is 0 Å². The van der Waals surface area contributed by atoms with Gasteiger partial charge in [0.05, 0.1) is 5.54 Å². The molecule has 6 heteroatoms. The van der Waals surface area contributed by atoms with E-state index in [0.717, 1.165) is 37.2 Å². The minimum atomic E-state index is -0.404. The molecule has 1 aliphatic rings. The quantitative estimate of drug-likeness (QED) is 0.376. The molecule has 1 fully saturated rings. The molecule has 0 atom stereocenters. The van der Waals surface area contributed by atoms with Gasteiger partial charge in [-0.25, -0.2) is 0 Å². The van der Waals surface area contributed by atoms with E-state index in [9.17, 15) is 0 Å². The van der Waals surface area contributed by atoms with E-state index in [2.05, 4.69) is 55.2 Å². The minimum Gasteiger partial charge on any atom is -0.409 e. The summed E-state index contributed by atoms with van der Waals surface area (Å²) in [5, 5.41) is 12.1. The van der Waals surface area contributed by atoms with Crippen LogP contribution in [0.1, 0.15) is 19.4 Å². The fourth-order valence-corrected chi connectivity index (χ4v) is 2.86. The maximum Gasteiger partial charge on any atom is 0.159 e. The molecule has 0 amide bonds. The molecule has 1 saturated heterocycles. The van der Waals surface area contributed by atoms with Gasteiger partial charge in [0, 0.05) is 37.2 Å². The van der Waals surface area contributed by atoms with Gasteiger partial charge in [-0.2, -0.15) is 0 Å². The molecule has 0 aliphatic carbocycles. The van der Waals surface area contributed by atoms with Gasteiger partial charge >= 0.3 is 0 Å². The average Bonchev–Trinajstić information content (AvgIpc) is 2.49. The second-order valence-corrected chi connectivity index (χ2v) is 6.85. The summed E-state index contributed by atoms with van der Waals surface area (Å²) >= 11 is 3.46. The SMILES string of the molecule is CC(C)(C(N)=NO)N1CCN(Cc2ccc(Br)cc2)CC1. The fraction of sp³-hybridized carbons (Fsp3) is 0.533. The Kier molecular flexibility index (Phi) is 5.24. The largest absolute Gasteiger partial charge is 0.409 e. The molecule has 1 heterocycles. The van der Waals surface area contributed by atoms with Crippen LogP contribution in [0.25, 0.3) is 0 Å². The van der Waals surface area contributed by atoms with Crippen LogP contribution >= 0.6 is 15.9 Å². The highest BCUT2D eigenvalue weighted by molar-refractivity contribution is 9.10. The maximum absolute atomic E-state index is 8.89. The van der Waals surface area contributed by atoms with Crippen molar-refractivity contribution < 1.29 is 5.21 Å². The van der Waals surface area contributed by atoms with Crippen molar-refractivity contribution in [3.8, 4) is 0 Å². The zero-order chi connectivity index (χ0) is 15.5. The highest BCUT2D eigenvalue weighted by atomic mass is 79.9. The monoisotopic (exact) mass is 354 g/mol. The number of oxime groups is 1. The number of halogens is 1. The number of hydrogen-bond donors (Lipinski definition) is 2. The zero-order valence-electron chi connectivity index (χ0n) is 12.6. The van der Waals surface area contributed by atoms with E-state index in [-0.39, 0.29) is 5.84 Å². The molecule has 0 radical (unpaired) electrons. The van der Waals surface area contributed by atoms with E-state index < -0.39 is 5.54 Å². The number of hydrogen-bond acceptors (Lipinski definition) is 4. The fourth-order valence-electron chi connectivity index (χ4n) is 2.60. The molecule has 0 aromatic heterocycles. The molecule has 0 saturated carbocycles. The number of rotatable bonds is 4. The molecule has 0 spiro atoms. The van der Waals surface area contributed by atoms with Crippen LogP contribution in [0.4, 0.5) is 0 Å².